The van der Waals surface area contributed by atoms with Gasteiger partial charge < -0.3 is 20.7 Å². The maximum absolute atomic E-state index is 11.6. The van der Waals surface area contributed by atoms with Gasteiger partial charge in [-0.1, -0.05) is 0 Å². The molecule has 1 aromatic rings. The van der Waals surface area contributed by atoms with E-state index in [1.54, 1.807) is 11.3 Å². The van der Waals surface area contributed by atoms with Crippen LogP contribution < -0.4 is 16.0 Å². The zero-order chi connectivity index (χ0) is 19.6. The van der Waals surface area contributed by atoms with E-state index < -0.39 is 5.60 Å². The summed E-state index contributed by atoms with van der Waals surface area (Å²) in [6.07, 6.45) is 1.30. The van der Waals surface area contributed by atoms with E-state index in [1.807, 2.05) is 34.6 Å². The molecule has 0 aromatic carbocycles. The highest BCUT2D eigenvalue weighted by Gasteiger charge is 2.15. The maximum Gasteiger partial charge on any atom is 0.407 e. The van der Waals surface area contributed by atoms with Crippen LogP contribution in [0.3, 0.4) is 0 Å². The first kappa shape index (κ1) is 25.9. The minimum Gasteiger partial charge on any atom is -0.444 e. The number of nitrogens with zero attached hydrogens (tertiary/aromatic N) is 2. The van der Waals surface area contributed by atoms with Crippen molar-refractivity contribution in [1.29, 1.82) is 0 Å². The van der Waals surface area contributed by atoms with Gasteiger partial charge in [-0.25, -0.2) is 9.78 Å². The number of ether oxygens (including phenoxy) is 1. The molecule has 1 heterocycles. The highest BCUT2D eigenvalue weighted by Crippen LogP contribution is 2.16. The fraction of sp³-hybridized carbons (Fsp3) is 0.722. The first-order valence-electron chi connectivity index (χ1n) is 9.13. The largest absolute Gasteiger partial charge is 0.444 e. The van der Waals surface area contributed by atoms with Crippen LogP contribution in [0.1, 0.15) is 49.7 Å². The van der Waals surface area contributed by atoms with Gasteiger partial charge in [0.1, 0.15) is 5.60 Å². The quantitative estimate of drug-likeness (QED) is 0.216. The van der Waals surface area contributed by atoms with Crippen LogP contribution in [0.15, 0.2) is 4.99 Å². The average Bonchev–Trinajstić information content (AvgIpc) is 2.83. The molecule has 0 aliphatic carbocycles. The molecular formula is C18H34IN5O2S. The van der Waals surface area contributed by atoms with Crippen molar-refractivity contribution >= 4 is 47.4 Å². The lowest BCUT2D eigenvalue weighted by atomic mass is 10.2. The Bertz CT molecular complexity index is 599. The molecule has 27 heavy (non-hydrogen) atoms. The second kappa shape index (κ2) is 13.1. The van der Waals surface area contributed by atoms with Crippen LogP contribution in [-0.2, 0) is 11.2 Å². The molecule has 156 valence electrons. The van der Waals surface area contributed by atoms with Gasteiger partial charge in [0.15, 0.2) is 5.96 Å². The van der Waals surface area contributed by atoms with Crippen LogP contribution >= 0.6 is 35.3 Å². The molecule has 1 rings (SSSR count). The molecule has 1 amide bonds. The predicted octanol–water partition coefficient (Wildman–Crippen LogP) is 3.39. The molecule has 0 fully saturated rings. The van der Waals surface area contributed by atoms with Crippen molar-refractivity contribution < 1.29 is 9.53 Å². The van der Waals surface area contributed by atoms with E-state index in [-0.39, 0.29) is 30.1 Å². The van der Waals surface area contributed by atoms with Gasteiger partial charge in [0.25, 0.3) is 0 Å². The average molecular weight is 511 g/mol. The number of amides is 1. The Balaban J connectivity index is 0.00000676. The SMILES string of the molecule is CCNC(=NCCCNC(=O)OC(C)(C)C)NCCc1sc(C)nc1C.I. The number of nitrogens with one attached hydrogen (secondary N) is 3. The molecule has 0 saturated carbocycles. The third kappa shape index (κ3) is 12.1. The molecule has 3 N–H and O–H groups in total. The molecule has 0 saturated heterocycles. The van der Waals surface area contributed by atoms with Gasteiger partial charge in [0.2, 0.25) is 0 Å². The highest BCUT2D eigenvalue weighted by atomic mass is 127. The Hall–Kier alpha value is -1.10. The van der Waals surface area contributed by atoms with E-state index in [1.165, 1.54) is 4.88 Å². The molecule has 0 radical (unpaired) electrons. The van der Waals surface area contributed by atoms with Gasteiger partial charge in [0.05, 0.1) is 10.7 Å². The lowest BCUT2D eigenvalue weighted by molar-refractivity contribution is 0.0527. The molecule has 9 heteroatoms. The van der Waals surface area contributed by atoms with Gasteiger partial charge in [0, 0.05) is 37.5 Å². The van der Waals surface area contributed by atoms with Gasteiger partial charge >= 0.3 is 6.09 Å². The summed E-state index contributed by atoms with van der Waals surface area (Å²) in [6, 6.07) is 0. The Kier molecular flexibility index (Phi) is 12.6. The van der Waals surface area contributed by atoms with Gasteiger partial charge in [-0.15, -0.1) is 35.3 Å². The summed E-state index contributed by atoms with van der Waals surface area (Å²) in [5.41, 5.74) is 0.642. The summed E-state index contributed by atoms with van der Waals surface area (Å²) < 4.78 is 5.20. The van der Waals surface area contributed by atoms with Crippen molar-refractivity contribution in [1.82, 2.24) is 20.9 Å². The predicted molar refractivity (Wildman–Crippen MR) is 124 cm³/mol. The minimum absolute atomic E-state index is 0. The number of guanidine groups is 1. The number of aromatic nitrogens is 1. The number of aliphatic imine (C=N–C) groups is 1. The lowest BCUT2D eigenvalue weighted by Gasteiger charge is -2.19. The smallest absolute Gasteiger partial charge is 0.407 e. The molecule has 0 bridgehead atoms. The summed E-state index contributed by atoms with van der Waals surface area (Å²) in [5.74, 6) is 0.795. The van der Waals surface area contributed by atoms with E-state index in [4.69, 9.17) is 4.74 Å². The van der Waals surface area contributed by atoms with Crippen LogP contribution in [0, 0.1) is 13.8 Å². The van der Waals surface area contributed by atoms with E-state index in [9.17, 15) is 4.79 Å². The summed E-state index contributed by atoms with van der Waals surface area (Å²) >= 11 is 1.75. The van der Waals surface area contributed by atoms with Gasteiger partial charge in [-0.3, -0.25) is 4.99 Å². The molecule has 0 atom stereocenters. The van der Waals surface area contributed by atoms with Crippen molar-refractivity contribution in [3.05, 3.63) is 15.6 Å². The monoisotopic (exact) mass is 511 g/mol. The summed E-state index contributed by atoms with van der Waals surface area (Å²) in [7, 11) is 0. The number of hydrogen-bond acceptors (Lipinski definition) is 5. The van der Waals surface area contributed by atoms with Gasteiger partial charge in [-0.05, 0) is 48.0 Å². The van der Waals surface area contributed by atoms with E-state index in [0.717, 1.165) is 42.6 Å². The highest BCUT2D eigenvalue weighted by molar-refractivity contribution is 14.0. The Morgan fingerprint density at radius 3 is 2.44 bits per heavy atom. The Morgan fingerprint density at radius 1 is 1.19 bits per heavy atom. The number of alkyl carbamates (subject to hydrolysis) is 1. The second-order valence-corrected chi connectivity index (χ2v) is 8.25. The fourth-order valence-corrected chi connectivity index (χ4v) is 3.15. The van der Waals surface area contributed by atoms with E-state index >= 15 is 0 Å². The number of hydrogen-bond donors (Lipinski definition) is 3. The number of rotatable bonds is 8. The van der Waals surface area contributed by atoms with Crippen molar-refractivity contribution in [3.63, 3.8) is 0 Å². The summed E-state index contributed by atoms with van der Waals surface area (Å²) in [5, 5.41) is 10.4. The first-order valence-corrected chi connectivity index (χ1v) is 9.95. The molecule has 1 aromatic heterocycles. The van der Waals surface area contributed by atoms with Crippen LogP contribution in [-0.4, -0.2) is 48.8 Å². The third-order valence-electron chi connectivity index (χ3n) is 3.26. The molecule has 0 unspecified atom stereocenters. The first-order chi connectivity index (χ1) is 12.2. The molecule has 0 aliphatic rings. The Morgan fingerprint density at radius 2 is 1.89 bits per heavy atom. The van der Waals surface area contributed by atoms with Crippen molar-refractivity contribution in [2.75, 3.05) is 26.2 Å². The zero-order valence-electron chi connectivity index (χ0n) is 17.3. The second-order valence-electron chi connectivity index (χ2n) is 6.96. The van der Waals surface area contributed by atoms with Crippen LogP contribution in [0.2, 0.25) is 0 Å². The van der Waals surface area contributed by atoms with Crippen molar-refractivity contribution in [3.8, 4) is 0 Å². The number of halogens is 1. The van der Waals surface area contributed by atoms with E-state index in [0.29, 0.717) is 13.1 Å². The standard InChI is InChI=1S/C18H33N5O2S.HI/c1-7-19-16(21-12-9-15-13(2)23-14(3)26-15)20-10-8-11-22-17(24)25-18(4,5)6;/h7-12H2,1-6H3,(H,22,24)(H2,19,20,21);1H. The molecule has 0 aliphatic heterocycles. The number of carbonyl (C=O) groups excluding carboxylic acids is 1. The number of aryl methyl sites for hydroxylation is 2. The van der Waals surface area contributed by atoms with Gasteiger partial charge in [-0.2, -0.15) is 0 Å². The van der Waals surface area contributed by atoms with Crippen LogP contribution in [0.5, 0.6) is 0 Å². The molecular weight excluding hydrogens is 477 g/mol. The molecule has 0 spiro atoms. The third-order valence-corrected chi connectivity index (χ3v) is 4.39. The Labute approximate surface area is 184 Å². The topological polar surface area (TPSA) is 87.6 Å². The minimum atomic E-state index is -0.473. The number of carbonyl (C=O) groups is 1. The lowest BCUT2D eigenvalue weighted by Crippen LogP contribution is -2.38. The summed E-state index contributed by atoms with van der Waals surface area (Å²) in [4.78, 5) is 21.9. The molecule has 7 nitrogen and oxygen atoms in total. The number of thiazole rings is 1. The van der Waals surface area contributed by atoms with Crippen LogP contribution in [0.25, 0.3) is 0 Å². The van der Waals surface area contributed by atoms with Crippen molar-refractivity contribution in [2.24, 2.45) is 4.99 Å². The van der Waals surface area contributed by atoms with E-state index in [2.05, 4.69) is 32.9 Å². The van der Waals surface area contributed by atoms with Crippen molar-refractivity contribution in [2.45, 2.75) is 60.0 Å². The van der Waals surface area contributed by atoms with Crippen LogP contribution in [0.4, 0.5) is 4.79 Å². The fourth-order valence-electron chi connectivity index (χ4n) is 2.22. The zero-order valence-corrected chi connectivity index (χ0v) is 20.4. The normalized spacial score (nSPS) is 11.6. The summed E-state index contributed by atoms with van der Waals surface area (Å²) in [6.45, 7) is 14.5. The maximum atomic E-state index is 11.6.